The van der Waals surface area contributed by atoms with E-state index in [2.05, 4.69) is 60.4 Å². The maximum Gasteiger partial charge on any atom is 0.430 e. The molecule has 5 rings (SSSR count). The molecule has 1 aromatic heterocycles. The summed E-state index contributed by atoms with van der Waals surface area (Å²) in [7, 11) is 0. The van der Waals surface area contributed by atoms with Gasteiger partial charge in [0.15, 0.2) is 0 Å². The lowest BCUT2D eigenvalue weighted by atomic mass is 9.85. The number of unbranched alkanes of at least 4 members (excludes halogenated alkanes) is 3. The third-order valence-corrected chi connectivity index (χ3v) is 6.98. The second kappa shape index (κ2) is 9.85. The molecule has 0 saturated heterocycles. The van der Waals surface area contributed by atoms with E-state index in [0.717, 1.165) is 42.2 Å². The van der Waals surface area contributed by atoms with Gasteiger partial charge in [-0.25, -0.2) is 0 Å². The number of benzene rings is 4. The molecule has 0 aliphatic rings. The van der Waals surface area contributed by atoms with Crippen molar-refractivity contribution in [2.24, 2.45) is 5.73 Å². The Morgan fingerprint density at radius 2 is 1.65 bits per heavy atom. The molecular weight excluding hydrogens is 471 g/mol. The lowest BCUT2D eigenvalue weighted by Crippen LogP contribution is -2.20. The van der Waals surface area contributed by atoms with Gasteiger partial charge in [-0.15, -0.1) is 0 Å². The first kappa shape index (κ1) is 24.8. The number of nitrogens with one attached hydrogen (secondary N) is 1. The van der Waals surface area contributed by atoms with Gasteiger partial charge in [0.1, 0.15) is 5.70 Å². The van der Waals surface area contributed by atoms with Crippen LogP contribution in [0, 0.1) is 5.41 Å². The maximum absolute atomic E-state index is 13.0. The molecule has 0 unspecified atom stereocenters. The highest BCUT2D eigenvalue weighted by Crippen LogP contribution is 2.41. The lowest BCUT2D eigenvalue weighted by Gasteiger charge is -2.19. The molecular formula is C31H28F3N3. The number of nitrogens with zero attached hydrogens (tertiary/aromatic N) is 1. The Balaban J connectivity index is 1.71. The number of hydrogen-bond donors (Lipinski definition) is 2. The molecule has 188 valence electrons. The standard InChI is InChI=1S/C31H28F3N3/c1-2-3-4-5-7-21-16-22-11-10-19-8-6-9-20-12-13-24(30(22)29(19)20)28(21)23-14-15-37-26(17-23)25(35)18-27(36)31(32,33)34/h6,8-18,35H,2-5,7,36H2,1H3. The van der Waals surface area contributed by atoms with Crippen molar-refractivity contribution < 1.29 is 13.2 Å². The molecule has 0 atom stereocenters. The molecule has 6 heteroatoms. The average Bonchev–Trinajstić information content (AvgIpc) is 2.89. The van der Waals surface area contributed by atoms with Crippen molar-refractivity contribution in [3.8, 4) is 11.1 Å². The highest BCUT2D eigenvalue weighted by atomic mass is 19.4. The van der Waals surface area contributed by atoms with Gasteiger partial charge in [-0.05, 0) is 80.1 Å². The Hall–Kier alpha value is -3.93. The van der Waals surface area contributed by atoms with Crippen LogP contribution in [-0.2, 0) is 6.42 Å². The van der Waals surface area contributed by atoms with Gasteiger partial charge in [0, 0.05) is 6.20 Å². The number of alkyl halides is 3. The molecule has 0 fully saturated rings. The van der Waals surface area contributed by atoms with Crippen molar-refractivity contribution in [1.29, 1.82) is 5.41 Å². The monoisotopic (exact) mass is 499 g/mol. The topological polar surface area (TPSA) is 62.8 Å². The molecule has 4 aromatic carbocycles. The van der Waals surface area contributed by atoms with E-state index in [1.165, 1.54) is 38.9 Å². The summed E-state index contributed by atoms with van der Waals surface area (Å²) >= 11 is 0. The summed E-state index contributed by atoms with van der Waals surface area (Å²) in [4.78, 5) is 4.19. The highest BCUT2D eigenvalue weighted by molar-refractivity contribution is 6.26. The van der Waals surface area contributed by atoms with Crippen molar-refractivity contribution >= 4 is 38.0 Å². The third kappa shape index (κ3) is 4.76. The summed E-state index contributed by atoms with van der Waals surface area (Å²) in [6, 6.07) is 20.7. The molecule has 0 bridgehead atoms. The van der Waals surface area contributed by atoms with E-state index >= 15 is 0 Å². The summed E-state index contributed by atoms with van der Waals surface area (Å²) in [5.41, 5.74) is 6.69. The van der Waals surface area contributed by atoms with Crippen LogP contribution in [0.4, 0.5) is 13.2 Å². The van der Waals surface area contributed by atoms with Crippen LogP contribution < -0.4 is 5.73 Å². The fourth-order valence-electron chi connectivity index (χ4n) is 5.20. The van der Waals surface area contributed by atoms with Crippen molar-refractivity contribution in [2.45, 2.75) is 45.2 Å². The van der Waals surface area contributed by atoms with Crippen LogP contribution in [0.5, 0.6) is 0 Å². The van der Waals surface area contributed by atoms with Gasteiger partial charge in [-0.1, -0.05) is 74.7 Å². The Kier molecular flexibility index (Phi) is 6.59. The van der Waals surface area contributed by atoms with Gasteiger partial charge in [-0.3, -0.25) is 10.4 Å². The van der Waals surface area contributed by atoms with E-state index < -0.39 is 11.9 Å². The first-order valence-electron chi connectivity index (χ1n) is 12.6. The fraction of sp³-hybridized carbons (Fsp3) is 0.226. The van der Waals surface area contributed by atoms with Crippen LogP contribution in [0.2, 0.25) is 0 Å². The summed E-state index contributed by atoms with van der Waals surface area (Å²) in [5.74, 6) is 0. The number of nitrogens with two attached hydrogens (primary N) is 1. The van der Waals surface area contributed by atoms with Crippen LogP contribution in [0.1, 0.15) is 43.9 Å². The van der Waals surface area contributed by atoms with E-state index in [1.807, 2.05) is 6.07 Å². The minimum atomic E-state index is -4.69. The quantitative estimate of drug-likeness (QED) is 0.128. The first-order chi connectivity index (χ1) is 17.8. The van der Waals surface area contributed by atoms with Crippen LogP contribution in [-0.4, -0.2) is 16.9 Å². The SMILES string of the molecule is CCCCCCc1cc2ccc3cccc4ccc(c1-c1ccnc(C(=N)C=C(N)C(F)(F)F)c1)c2c34. The predicted octanol–water partition coefficient (Wildman–Crippen LogP) is 8.54. The number of allylic oxidation sites excluding steroid dienone is 2. The van der Waals surface area contributed by atoms with E-state index in [-0.39, 0.29) is 11.4 Å². The summed E-state index contributed by atoms with van der Waals surface area (Å²) in [6.45, 7) is 2.19. The lowest BCUT2D eigenvalue weighted by molar-refractivity contribution is -0.0925. The maximum atomic E-state index is 13.0. The van der Waals surface area contributed by atoms with E-state index in [0.29, 0.717) is 6.08 Å². The Labute approximate surface area is 213 Å². The van der Waals surface area contributed by atoms with E-state index in [1.54, 1.807) is 12.3 Å². The van der Waals surface area contributed by atoms with Gasteiger partial charge >= 0.3 is 6.18 Å². The van der Waals surface area contributed by atoms with Crippen LogP contribution in [0.15, 0.2) is 78.6 Å². The second-order valence-electron chi connectivity index (χ2n) is 9.52. The van der Waals surface area contributed by atoms with Gasteiger partial charge in [-0.2, -0.15) is 13.2 Å². The largest absolute Gasteiger partial charge is 0.430 e. The summed E-state index contributed by atoms with van der Waals surface area (Å²) < 4.78 is 38.9. The zero-order valence-corrected chi connectivity index (χ0v) is 20.6. The third-order valence-electron chi connectivity index (χ3n) is 6.98. The Morgan fingerprint density at radius 3 is 2.38 bits per heavy atom. The summed E-state index contributed by atoms with van der Waals surface area (Å²) in [5, 5.41) is 15.2. The minimum Gasteiger partial charge on any atom is -0.395 e. The molecule has 0 aliphatic carbocycles. The zero-order chi connectivity index (χ0) is 26.2. The van der Waals surface area contributed by atoms with Gasteiger partial charge < -0.3 is 5.73 Å². The van der Waals surface area contributed by atoms with Crippen LogP contribution >= 0.6 is 0 Å². The predicted molar refractivity (Wildman–Crippen MR) is 146 cm³/mol. The number of hydrogen-bond acceptors (Lipinski definition) is 3. The minimum absolute atomic E-state index is 0.146. The molecule has 37 heavy (non-hydrogen) atoms. The summed E-state index contributed by atoms with van der Waals surface area (Å²) in [6.07, 6.45) is 2.88. The van der Waals surface area contributed by atoms with Crippen molar-refractivity contribution in [3.05, 3.63) is 89.9 Å². The van der Waals surface area contributed by atoms with Crippen LogP contribution in [0.3, 0.4) is 0 Å². The van der Waals surface area contributed by atoms with E-state index in [9.17, 15) is 13.2 Å². The first-order valence-corrected chi connectivity index (χ1v) is 12.6. The normalized spacial score (nSPS) is 12.7. The number of aromatic nitrogens is 1. The highest BCUT2D eigenvalue weighted by Gasteiger charge is 2.31. The van der Waals surface area contributed by atoms with Gasteiger partial charge in [0.2, 0.25) is 0 Å². The number of aryl methyl sites for hydroxylation is 1. The molecule has 0 aliphatic heterocycles. The van der Waals surface area contributed by atoms with Crippen molar-refractivity contribution in [3.63, 3.8) is 0 Å². The fourth-order valence-corrected chi connectivity index (χ4v) is 5.20. The van der Waals surface area contributed by atoms with Crippen molar-refractivity contribution in [2.75, 3.05) is 0 Å². The number of pyridine rings is 1. The second-order valence-corrected chi connectivity index (χ2v) is 9.52. The van der Waals surface area contributed by atoms with Gasteiger partial charge in [0.05, 0.1) is 11.4 Å². The Bertz CT molecular complexity index is 1620. The smallest absolute Gasteiger partial charge is 0.395 e. The van der Waals surface area contributed by atoms with E-state index in [4.69, 9.17) is 11.1 Å². The molecule has 0 radical (unpaired) electrons. The molecule has 1 heterocycles. The number of halogens is 3. The average molecular weight is 500 g/mol. The molecule has 5 aromatic rings. The van der Waals surface area contributed by atoms with Gasteiger partial charge in [0.25, 0.3) is 0 Å². The number of rotatable bonds is 8. The van der Waals surface area contributed by atoms with Crippen molar-refractivity contribution in [1.82, 2.24) is 4.98 Å². The zero-order valence-electron chi connectivity index (χ0n) is 20.6. The molecule has 3 nitrogen and oxygen atoms in total. The molecule has 3 N–H and O–H groups in total. The Morgan fingerprint density at radius 1 is 0.919 bits per heavy atom. The molecule has 0 amide bonds. The molecule has 0 saturated carbocycles. The van der Waals surface area contributed by atoms with Crippen LogP contribution in [0.25, 0.3) is 43.4 Å². The molecule has 0 spiro atoms.